The predicted molar refractivity (Wildman–Crippen MR) is 107 cm³/mol. The molecule has 0 radical (unpaired) electrons. The summed E-state index contributed by atoms with van der Waals surface area (Å²) in [5.74, 6) is 0. The molecule has 26 heavy (non-hydrogen) atoms. The van der Waals surface area contributed by atoms with E-state index in [0.29, 0.717) is 6.04 Å². The van der Waals surface area contributed by atoms with Crippen LogP contribution in [0.15, 0.2) is 53.3 Å². The van der Waals surface area contributed by atoms with E-state index in [-0.39, 0.29) is 5.56 Å². The quantitative estimate of drug-likeness (QED) is 0.761. The van der Waals surface area contributed by atoms with Crippen LogP contribution in [0.25, 0.3) is 22.0 Å². The van der Waals surface area contributed by atoms with Crippen molar-refractivity contribution in [2.75, 3.05) is 20.1 Å². The van der Waals surface area contributed by atoms with Crippen molar-refractivity contribution in [3.8, 4) is 11.3 Å². The standard InChI is InChI=1S/C22H25N3O/c1-15-4-3-5-19-20(15)12-21(24-22(19)26)17-8-6-16(7-9-17)14-25(2)18-10-11-23-13-18/h3-9,12,18,23H,10-11,13-14H2,1-2H3,(H,24,26). The Labute approximate surface area is 153 Å². The summed E-state index contributed by atoms with van der Waals surface area (Å²) >= 11 is 0. The van der Waals surface area contributed by atoms with Gasteiger partial charge in [0, 0.05) is 30.2 Å². The van der Waals surface area contributed by atoms with Crippen molar-refractivity contribution in [3.63, 3.8) is 0 Å². The van der Waals surface area contributed by atoms with Gasteiger partial charge in [0.1, 0.15) is 0 Å². The Bertz CT molecular complexity index is 969. The molecule has 4 heteroatoms. The molecule has 1 aromatic heterocycles. The van der Waals surface area contributed by atoms with Crippen molar-refractivity contribution in [3.05, 3.63) is 70.0 Å². The Morgan fingerprint density at radius 1 is 1.12 bits per heavy atom. The van der Waals surface area contributed by atoms with Crippen LogP contribution in [0.3, 0.4) is 0 Å². The molecule has 1 aliphatic heterocycles. The Balaban J connectivity index is 1.59. The topological polar surface area (TPSA) is 48.1 Å². The zero-order valence-electron chi connectivity index (χ0n) is 15.4. The number of hydrogen-bond acceptors (Lipinski definition) is 3. The maximum Gasteiger partial charge on any atom is 0.256 e. The average molecular weight is 347 g/mol. The summed E-state index contributed by atoms with van der Waals surface area (Å²) in [6.07, 6.45) is 1.21. The second kappa shape index (κ2) is 7.06. The average Bonchev–Trinajstić information content (AvgIpc) is 3.18. The molecular weight excluding hydrogens is 322 g/mol. The van der Waals surface area contributed by atoms with Crippen molar-refractivity contribution >= 4 is 10.8 Å². The maximum atomic E-state index is 12.4. The van der Waals surface area contributed by atoms with Gasteiger partial charge in [-0.25, -0.2) is 0 Å². The summed E-state index contributed by atoms with van der Waals surface area (Å²) in [5, 5.41) is 5.18. The summed E-state index contributed by atoms with van der Waals surface area (Å²) in [7, 11) is 2.19. The fraction of sp³-hybridized carbons (Fsp3) is 0.318. The Kier molecular flexibility index (Phi) is 4.62. The third kappa shape index (κ3) is 3.30. The number of aryl methyl sites for hydroxylation is 1. The van der Waals surface area contributed by atoms with Crippen molar-refractivity contribution < 1.29 is 0 Å². The van der Waals surface area contributed by atoms with Gasteiger partial charge in [-0.2, -0.15) is 0 Å². The molecule has 4 rings (SSSR count). The largest absolute Gasteiger partial charge is 0.321 e. The number of rotatable bonds is 4. The number of benzene rings is 2. The van der Waals surface area contributed by atoms with Crippen LogP contribution in [0, 0.1) is 6.92 Å². The van der Waals surface area contributed by atoms with Gasteiger partial charge in [0.2, 0.25) is 0 Å². The highest BCUT2D eigenvalue weighted by Gasteiger charge is 2.18. The Morgan fingerprint density at radius 2 is 1.92 bits per heavy atom. The van der Waals surface area contributed by atoms with Gasteiger partial charge in [0.15, 0.2) is 0 Å². The van der Waals surface area contributed by atoms with Gasteiger partial charge in [-0.1, -0.05) is 36.4 Å². The van der Waals surface area contributed by atoms with E-state index in [1.165, 1.54) is 12.0 Å². The van der Waals surface area contributed by atoms with Crippen LogP contribution in [-0.4, -0.2) is 36.1 Å². The summed E-state index contributed by atoms with van der Waals surface area (Å²) in [4.78, 5) is 17.9. The van der Waals surface area contributed by atoms with E-state index in [9.17, 15) is 4.79 Å². The molecule has 0 spiro atoms. The first-order valence-corrected chi connectivity index (χ1v) is 9.25. The van der Waals surface area contributed by atoms with Crippen LogP contribution in [0.1, 0.15) is 17.5 Å². The minimum absolute atomic E-state index is 0.0289. The Morgan fingerprint density at radius 3 is 2.65 bits per heavy atom. The molecule has 2 aromatic carbocycles. The fourth-order valence-corrected chi connectivity index (χ4v) is 3.82. The van der Waals surface area contributed by atoms with Crippen LogP contribution in [0.5, 0.6) is 0 Å². The van der Waals surface area contributed by atoms with Crippen LogP contribution in [-0.2, 0) is 6.54 Å². The van der Waals surface area contributed by atoms with Gasteiger partial charge in [-0.3, -0.25) is 9.69 Å². The molecule has 1 aliphatic rings. The zero-order valence-corrected chi connectivity index (χ0v) is 15.4. The predicted octanol–water partition coefficient (Wildman–Crippen LogP) is 3.30. The van der Waals surface area contributed by atoms with E-state index in [1.807, 2.05) is 25.1 Å². The molecule has 2 heterocycles. The fourth-order valence-electron chi connectivity index (χ4n) is 3.82. The van der Waals surface area contributed by atoms with E-state index in [2.05, 4.69) is 52.6 Å². The molecule has 0 bridgehead atoms. The van der Waals surface area contributed by atoms with Crippen LogP contribution in [0.2, 0.25) is 0 Å². The van der Waals surface area contributed by atoms with Gasteiger partial charge in [-0.05, 0) is 61.1 Å². The number of H-pyrrole nitrogens is 1. The first-order chi connectivity index (χ1) is 12.6. The summed E-state index contributed by atoms with van der Waals surface area (Å²) in [6.45, 7) is 5.18. The van der Waals surface area contributed by atoms with Gasteiger partial charge in [0.25, 0.3) is 5.56 Å². The van der Waals surface area contributed by atoms with Gasteiger partial charge in [-0.15, -0.1) is 0 Å². The minimum Gasteiger partial charge on any atom is -0.321 e. The molecule has 2 N–H and O–H groups in total. The molecule has 4 nitrogen and oxygen atoms in total. The number of pyridine rings is 1. The number of nitrogens with zero attached hydrogens (tertiary/aromatic N) is 1. The van der Waals surface area contributed by atoms with E-state index in [4.69, 9.17) is 0 Å². The monoisotopic (exact) mass is 347 g/mol. The highest BCUT2D eigenvalue weighted by Crippen LogP contribution is 2.23. The van der Waals surface area contributed by atoms with Crippen molar-refractivity contribution in [1.82, 2.24) is 15.2 Å². The van der Waals surface area contributed by atoms with E-state index in [1.54, 1.807) is 0 Å². The van der Waals surface area contributed by atoms with Crippen LogP contribution in [0.4, 0.5) is 0 Å². The van der Waals surface area contributed by atoms with E-state index in [0.717, 1.165) is 47.2 Å². The summed E-state index contributed by atoms with van der Waals surface area (Å²) in [6, 6.07) is 17.1. The lowest BCUT2D eigenvalue weighted by atomic mass is 10.0. The highest BCUT2D eigenvalue weighted by molar-refractivity contribution is 5.87. The van der Waals surface area contributed by atoms with Gasteiger partial charge in [0.05, 0.1) is 0 Å². The van der Waals surface area contributed by atoms with Gasteiger partial charge < -0.3 is 10.3 Å². The SMILES string of the molecule is Cc1cccc2c(=O)[nH]c(-c3ccc(CN(C)C4CCNC4)cc3)cc12. The Hall–Kier alpha value is -2.43. The van der Waals surface area contributed by atoms with Crippen molar-refractivity contribution in [2.45, 2.75) is 25.9 Å². The molecule has 0 aliphatic carbocycles. The summed E-state index contributed by atoms with van der Waals surface area (Å²) < 4.78 is 0. The molecule has 1 atom stereocenters. The number of aromatic nitrogens is 1. The van der Waals surface area contributed by atoms with E-state index < -0.39 is 0 Å². The lowest BCUT2D eigenvalue weighted by Crippen LogP contribution is -2.32. The van der Waals surface area contributed by atoms with Crippen molar-refractivity contribution in [1.29, 1.82) is 0 Å². The molecular formula is C22H25N3O. The van der Waals surface area contributed by atoms with E-state index >= 15 is 0 Å². The maximum absolute atomic E-state index is 12.4. The second-order valence-electron chi connectivity index (χ2n) is 7.31. The summed E-state index contributed by atoms with van der Waals surface area (Å²) in [5.41, 5.74) is 4.30. The zero-order chi connectivity index (χ0) is 18.1. The van der Waals surface area contributed by atoms with Gasteiger partial charge >= 0.3 is 0 Å². The van der Waals surface area contributed by atoms with Crippen LogP contribution >= 0.6 is 0 Å². The number of nitrogens with one attached hydrogen (secondary N) is 2. The van der Waals surface area contributed by atoms with Crippen molar-refractivity contribution in [2.24, 2.45) is 0 Å². The number of hydrogen-bond donors (Lipinski definition) is 2. The molecule has 1 unspecified atom stereocenters. The number of aromatic amines is 1. The molecule has 1 saturated heterocycles. The molecule has 1 fully saturated rings. The molecule has 0 saturated carbocycles. The molecule has 134 valence electrons. The normalized spacial score (nSPS) is 17.3. The second-order valence-corrected chi connectivity index (χ2v) is 7.31. The number of likely N-dealkylation sites (N-methyl/N-ethyl adjacent to an activating group) is 1. The molecule has 0 amide bonds. The lowest BCUT2D eigenvalue weighted by molar-refractivity contribution is 0.249. The first kappa shape index (κ1) is 17.0. The smallest absolute Gasteiger partial charge is 0.256 e. The minimum atomic E-state index is -0.0289. The highest BCUT2D eigenvalue weighted by atomic mass is 16.1. The number of fused-ring (bicyclic) bond motifs is 1. The first-order valence-electron chi connectivity index (χ1n) is 9.25. The lowest BCUT2D eigenvalue weighted by Gasteiger charge is -2.23. The van der Waals surface area contributed by atoms with Crippen LogP contribution < -0.4 is 10.9 Å². The third-order valence-corrected chi connectivity index (χ3v) is 5.46. The third-order valence-electron chi connectivity index (χ3n) is 5.46. The molecule has 3 aromatic rings.